The second-order valence-electron chi connectivity index (χ2n) is 4.30. The number of carbonyl (C=O) groups is 1. The Labute approximate surface area is 125 Å². The van der Waals surface area contributed by atoms with Crippen LogP contribution in [0.2, 0.25) is 0 Å². The molecular formula is C16H14BrFO2. The topological polar surface area (TPSA) is 26.3 Å². The maximum atomic E-state index is 13.0. The van der Waals surface area contributed by atoms with E-state index < -0.39 is 0 Å². The minimum Gasteiger partial charge on any atom is -0.488 e. The Balaban J connectivity index is 2.17. The van der Waals surface area contributed by atoms with Gasteiger partial charge in [0.2, 0.25) is 0 Å². The molecule has 0 aromatic heterocycles. The van der Waals surface area contributed by atoms with Crippen LogP contribution in [0.1, 0.15) is 29.3 Å². The Morgan fingerprint density at radius 3 is 2.70 bits per heavy atom. The molecule has 0 heterocycles. The first-order chi connectivity index (χ1) is 9.61. The molecule has 0 saturated heterocycles. The van der Waals surface area contributed by atoms with Crippen LogP contribution in [0.4, 0.5) is 4.39 Å². The quantitative estimate of drug-likeness (QED) is 0.736. The number of carbonyl (C=O) groups excluding carboxylic acids is 1. The van der Waals surface area contributed by atoms with E-state index in [9.17, 15) is 9.18 Å². The largest absolute Gasteiger partial charge is 0.488 e. The van der Waals surface area contributed by atoms with Crippen LogP contribution in [-0.2, 0) is 6.61 Å². The van der Waals surface area contributed by atoms with Gasteiger partial charge in [0.15, 0.2) is 5.78 Å². The van der Waals surface area contributed by atoms with E-state index in [1.165, 1.54) is 12.1 Å². The summed E-state index contributed by atoms with van der Waals surface area (Å²) in [6.45, 7) is 2.09. The molecule has 4 heteroatoms. The van der Waals surface area contributed by atoms with Gasteiger partial charge < -0.3 is 4.74 Å². The molecule has 0 aliphatic heterocycles. The Hall–Kier alpha value is -1.68. The average molecular weight is 337 g/mol. The Morgan fingerprint density at radius 2 is 2.00 bits per heavy atom. The number of ketones is 1. The van der Waals surface area contributed by atoms with Crippen LogP contribution in [0.15, 0.2) is 46.9 Å². The lowest BCUT2D eigenvalue weighted by Gasteiger charge is -2.11. The van der Waals surface area contributed by atoms with Crippen molar-refractivity contribution in [3.8, 4) is 5.75 Å². The number of halogens is 2. The lowest BCUT2D eigenvalue weighted by atomic mass is 10.1. The van der Waals surface area contributed by atoms with Crippen molar-refractivity contribution >= 4 is 21.7 Å². The maximum Gasteiger partial charge on any atom is 0.166 e. The molecule has 2 aromatic carbocycles. The first kappa shape index (κ1) is 14.7. The fourth-order valence-electron chi connectivity index (χ4n) is 1.81. The number of hydrogen-bond donors (Lipinski definition) is 0. The van der Waals surface area contributed by atoms with Gasteiger partial charge in [-0.1, -0.05) is 41.1 Å². The molecule has 0 N–H and O–H groups in total. The summed E-state index contributed by atoms with van der Waals surface area (Å²) in [6, 6.07) is 11.6. The summed E-state index contributed by atoms with van der Waals surface area (Å²) in [5.74, 6) is 0.288. The van der Waals surface area contributed by atoms with Gasteiger partial charge in [0.25, 0.3) is 0 Å². The highest BCUT2D eigenvalue weighted by atomic mass is 79.9. The van der Waals surface area contributed by atoms with Gasteiger partial charge in [-0.3, -0.25) is 4.79 Å². The number of para-hydroxylation sites is 1. The van der Waals surface area contributed by atoms with Crippen molar-refractivity contribution in [2.75, 3.05) is 0 Å². The van der Waals surface area contributed by atoms with E-state index in [1.54, 1.807) is 18.2 Å². The lowest BCUT2D eigenvalue weighted by molar-refractivity contribution is 0.0983. The number of benzene rings is 2. The van der Waals surface area contributed by atoms with Gasteiger partial charge in [0.05, 0.1) is 5.56 Å². The first-order valence-corrected chi connectivity index (χ1v) is 7.10. The van der Waals surface area contributed by atoms with Gasteiger partial charge in [-0.25, -0.2) is 4.39 Å². The number of hydrogen-bond acceptors (Lipinski definition) is 2. The Bertz CT molecular complexity index is 626. The monoisotopic (exact) mass is 336 g/mol. The van der Waals surface area contributed by atoms with Crippen LogP contribution in [0.3, 0.4) is 0 Å². The molecule has 0 bridgehead atoms. The number of rotatable bonds is 5. The smallest absolute Gasteiger partial charge is 0.166 e. The van der Waals surface area contributed by atoms with E-state index in [0.717, 1.165) is 5.56 Å². The van der Waals surface area contributed by atoms with E-state index in [2.05, 4.69) is 15.9 Å². The summed E-state index contributed by atoms with van der Waals surface area (Å²) in [5.41, 5.74) is 1.40. The number of Topliss-reactive ketones (excluding diaryl/α,β-unsaturated/α-hetero) is 1. The highest BCUT2D eigenvalue weighted by Crippen LogP contribution is 2.23. The van der Waals surface area contributed by atoms with E-state index in [1.807, 2.05) is 19.1 Å². The minimum atomic E-state index is -0.304. The van der Waals surface area contributed by atoms with E-state index >= 15 is 0 Å². The van der Waals surface area contributed by atoms with Crippen molar-refractivity contribution < 1.29 is 13.9 Å². The summed E-state index contributed by atoms with van der Waals surface area (Å²) in [5, 5.41) is 0. The average Bonchev–Trinajstić information content (AvgIpc) is 2.46. The molecule has 20 heavy (non-hydrogen) atoms. The van der Waals surface area contributed by atoms with Crippen LogP contribution >= 0.6 is 15.9 Å². The molecule has 0 unspecified atom stereocenters. The predicted molar refractivity (Wildman–Crippen MR) is 79.5 cm³/mol. The van der Waals surface area contributed by atoms with Crippen LogP contribution in [0.5, 0.6) is 5.75 Å². The van der Waals surface area contributed by atoms with Gasteiger partial charge in [-0.2, -0.15) is 0 Å². The molecule has 0 fully saturated rings. The van der Waals surface area contributed by atoms with Gasteiger partial charge in [0.1, 0.15) is 18.2 Å². The van der Waals surface area contributed by atoms with Crippen molar-refractivity contribution in [2.45, 2.75) is 20.0 Å². The molecule has 0 aliphatic carbocycles. The van der Waals surface area contributed by atoms with Crippen molar-refractivity contribution in [1.29, 1.82) is 0 Å². The van der Waals surface area contributed by atoms with Crippen molar-refractivity contribution in [1.82, 2.24) is 0 Å². The predicted octanol–water partition coefficient (Wildman–Crippen LogP) is 4.76. The van der Waals surface area contributed by atoms with Crippen molar-refractivity contribution in [3.05, 3.63) is 63.9 Å². The first-order valence-electron chi connectivity index (χ1n) is 6.30. The summed E-state index contributed by atoms with van der Waals surface area (Å²) in [4.78, 5) is 11.8. The third-order valence-corrected chi connectivity index (χ3v) is 3.65. The van der Waals surface area contributed by atoms with Crippen molar-refractivity contribution in [2.24, 2.45) is 0 Å². The summed E-state index contributed by atoms with van der Waals surface area (Å²) in [7, 11) is 0. The zero-order valence-corrected chi connectivity index (χ0v) is 12.6. The summed E-state index contributed by atoms with van der Waals surface area (Å²) in [6.07, 6.45) is 0.431. The highest BCUT2D eigenvalue weighted by Gasteiger charge is 2.10. The van der Waals surface area contributed by atoms with Crippen LogP contribution < -0.4 is 4.74 Å². The highest BCUT2D eigenvalue weighted by molar-refractivity contribution is 9.10. The summed E-state index contributed by atoms with van der Waals surface area (Å²) >= 11 is 3.29. The van der Waals surface area contributed by atoms with Gasteiger partial charge in [0, 0.05) is 16.5 Å². The fraction of sp³-hybridized carbons (Fsp3) is 0.188. The normalized spacial score (nSPS) is 10.3. The molecule has 104 valence electrons. The molecule has 2 rings (SSSR count). The minimum absolute atomic E-state index is 0.0405. The van der Waals surface area contributed by atoms with E-state index in [0.29, 0.717) is 22.2 Å². The molecule has 0 amide bonds. The molecule has 0 atom stereocenters. The number of ether oxygens (including phenoxy) is 1. The third-order valence-electron chi connectivity index (χ3n) is 2.91. The molecule has 2 nitrogen and oxygen atoms in total. The molecule has 2 aromatic rings. The zero-order valence-electron chi connectivity index (χ0n) is 11.0. The SMILES string of the molecule is CCC(=O)c1ccccc1OCc1ccc(F)cc1Br. The fourth-order valence-corrected chi connectivity index (χ4v) is 2.27. The third kappa shape index (κ3) is 3.45. The van der Waals surface area contributed by atoms with E-state index in [-0.39, 0.29) is 18.2 Å². The summed E-state index contributed by atoms with van der Waals surface area (Å²) < 4.78 is 19.4. The second-order valence-corrected chi connectivity index (χ2v) is 5.15. The lowest BCUT2D eigenvalue weighted by Crippen LogP contribution is -2.03. The van der Waals surface area contributed by atoms with Gasteiger partial charge >= 0.3 is 0 Å². The molecule has 0 aliphatic rings. The Morgan fingerprint density at radius 1 is 1.25 bits per heavy atom. The Kier molecular flexibility index (Phi) is 4.90. The van der Waals surface area contributed by atoms with E-state index in [4.69, 9.17) is 4.74 Å². The molecule has 0 spiro atoms. The standard InChI is InChI=1S/C16H14BrFO2/c1-2-15(19)13-5-3-4-6-16(13)20-10-11-7-8-12(18)9-14(11)17/h3-9H,2,10H2,1H3. The maximum absolute atomic E-state index is 13.0. The molecule has 0 saturated carbocycles. The second kappa shape index (κ2) is 6.66. The van der Waals surface area contributed by atoms with Crippen LogP contribution in [-0.4, -0.2) is 5.78 Å². The van der Waals surface area contributed by atoms with Crippen LogP contribution in [0, 0.1) is 5.82 Å². The molecule has 0 radical (unpaired) electrons. The van der Waals surface area contributed by atoms with Gasteiger partial charge in [-0.15, -0.1) is 0 Å². The zero-order chi connectivity index (χ0) is 14.5. The van der Waals surface area contributed by atoms with Crippen molar-refractivity contribution in [3.63, 3.8) is 0 Å². The van der Waals surface area contributed by atoms with Gasteiger partial charge in [-0.05, 0) is 24.3 Å². The molecular weight excluding hydrogens is 323 g/mol. The van der Waals surface area contributed by atoms with Crippen LogP contribution in [0.25, 0.3) is 0 Å².